The molecule has 0 saturated heterocycles. The maximum Gasteiger partial charge on any atom is 0.416 e. The molecular formula is C24H17F3N4OS. The van der Waals surface area contributed by atoms with Gasteiger partial charge in [-0.25, -0.2) is 4.98 Å². The number of thiazole rings is 1. The molecule has 0 aliphatic rings. The first-order chi connectivity index (χ1) is 15.8. The van der Waals surface area contributed by atoms with Crippen LogP contribution in [0.1, 0.15) is 26.5 Å². The number of pyridine rings is 1. The summed E-state index contributed by atoms with van der Waals surface area (Å²) < 4.78 is 40.9. The second kappa shape index (κ2) is 8.00. The summed E-state index contributed by atoms with van der Waals surface area (Å²) >= 11 is 1.45. The van der Waals surface area contributed by atoms with E-state index in [1.165, 1.54) is 23.5 Å². The van der Waals surface area contributed by atoms with Gasteiger partial charge in [-0.1, -0.05) is 6.07 Å². The third-order valence-electron chi connectivity index (χ3n) is 5.30. The summed E-state index contributed by atoms with van der Waals surface area (Å²) in [5, 5.41) is 4.48. The number of hydrogen-bond donors (Lipinski definition) is 1. The van der Waals surface area contributed by atoms with Crippen molar-refractivity contribution in [2.24, 2.45) is 0 Å². The molecule has 0 unspecified atom stereocenters. The second-order valence-electron chi connectivity index (χ2n) is 7.54. The van der Waals surface area contributed by atoms with Gasteiger partial charge in [0.15, 0.2) is 0 Å². The smallest absolute Gasteiger partial charge is 0.348 e. The summed E-state index contributed by atoms with van der Waals surface area (Å²) in [6.07, 6.45) is -1.04. The standard InChI is InChI=1S/C24H17F3N4OS/c1-14-30-21-19-11-16(22(32)29-13-15-3-2-10-28-12-15)4-9-20(19)31(23(21)33-14)18-7-5-17(6-8-18)24(25,26)27/h2-12H,13H2,1H3,(H,29,32). The van der Waals surface area contributed by atoms with Gasteiger partial charge in [0.05, 0.1) is 16.1 Å². The lowest BCUT2D eigenvalue weighted by Crippen LogP contribution is -2.22. The van der Waals surface area contributed by atoms with Crippen molar-refractivity contribution in [1.29, 1.82) is 0 Å². The minimum Gasteiger partial charge on any atom is -0.348 e. The number of carbonyl (C=O) groups excluding carboxylic acids is 1. The maximum atomic E-state index is 13.0. The number of aryl methyl sites for hydroxylation is 1. The Morgan fingerprint density at radius 1 is 1.12 bits per heavy atom. The Bertz CT molecular complexity index is 1470. The molecule has 0 fully saturated rings. The van der Waals surface area contributed by atoms with E-state index in [-0.39, 0.29) is 5.91 Å². The van der Waals surface area contributed by atoms with Crippen LogP contribution in [0.3, 0.4) is 0 Å². The van der Waals surface area contributed by atoms with Crippen LogP contribution in [-0.2, 0) is 12.7 Å². The Morgan fingerprint density at radius 2 is 1.91 bits per heavy atom. The molecule has 0 saturated carbocycles. The van der Waals surface area contributed by atoms with Gasteiger partial charge in [-0.3, -0.25) is 14.3 Å². The summed E-state index contributed by atoms with van der Waals surface area (Å²) in [7, 11) is 0. The van der Waals surface area contributed by atoms with Crippen LogP contribution in [0.4, 0.5) is 13.2 Å². The molecule has 0 bridgehead atoms. The molecule has 2 aromatic carbocycles. The zero-order chi connectivity index (χ0) is 23.2. The van der Waals surface area contributed by atoms with Crippen LogP contribution in [0.5, 0.6) is 0 Å². The maximum absolute atomic E-state index is 13.0. The van der Waals surface area contributed by atoms with E-state index in [4.69, 9.17) is 0 Å². The van der Waals surface area contributed by atoms with Gasteiger partial charge in [0, 0.05) is 35.6 Å². The molecule has 33 heavy (non-hydrogen) atoms. The quantitative estimate of drug-likeness (QED) is 0.359. The van der Waals surface area contributed by atoms with Crippen molar-refractivity contribution >= 4 is 38.5 Å². The normalized spacial score (nSPS) is 11.9. The van der Waals surface area contributed by atoms with Crippen LogP contribution in [-0.4, -0.2) is 20.4 Å². The van der Waals surface area contributed by atoms with Crippen molar-refractivity contribution in [3.8, 4) is 5.69 Å². The van der Waals surface area contributed by atoms with Gasteiger partial charge in [0.25, 0.3) is 5.91 Å². The fourth-order valence-corrected chi connectivity index (χ4v) is 4.72. The first-order valence-corrected chi connectivity index (χ1v) is 10.9. The van der Waals surface area contributed by atoms with Gasteiger partial charge in [-0.15, -0.1) is 11.3 Å². The van der Waals surface area contributed by atoms with E-state index in [2.05, 4.69) is 15.3 Å². The van der Waals surface area contributed by atoms with Crippen LogP contribution in [0.2, 0.25) is 0 Å². The van der Waals surface area contributed by atoms with Crippen molar-refractivity contribution in [3.05, 3.63) is 88.7 Å². The number of aromatic nitrogens is 3. The highest BCUT2D eigenvalue weighted by Crippen LogP contribution is 2.36. The highest BCUT2D eigenvalue weighted by Gasteiger charge is 2.30. The fourth-order valence-electron chi connectivity index (χ4n) is 3.76. The molecule has 1 N–H and O–H groups in total. The molecule has 0 atom stereocenters. The van der Waals surface area contributed by atoms with Gasteiger partial charge < -0.3 is 5.32 Å². The van der Waals surface area contributed by atoms with Crippen LogP contribution < -0.4 is 5.32 Å². The lowest BCUT2D eigenvalue weighted by Gasteiger charge is -2.10. The molecule has 5 aromatic rings. The SMILES string of the molecule is Cc1nc2c3cc(C(=O)NCc4cccnc4)ccc3n(-c3ccc(C(F)(F)F)cc3)c2s1. The largest absolute Gasteiger partial charge is 0.416 e. The predicted octanol–water partition coefficient (Wildman–Crippen LogP) is 5.89. The molecule has 166 valence electrons. The molecule has 1 amide bonds. The topological polar surface area (TPSA) is 59.8 Å². The van der Waals surface area contributed by atoms with Crippen LogP contribution >= 0.6 is 11.3 Å². The number of benzene rings is 2. The Kier molecular flexibility index (Phi) is 5.13. The number of rotatable bonds is 4. The van der Waals surface area contributed by atoms with Crippen molar-refractivity contribution < 1.29 is 18.0 Å². The third-order valence-corrected chi connectivity index (χ3v) is 6.26. The summed E-state index contributed by atoms with van der Waals surface area (Å²) in [6.45, 7) is 2.22. The molecule has 3 aromatic heterocycles. The average Bonchev–Trinajstić information content (AvgIpc) is 3.32. The van der Waals surface area contributed by atoms with Crippen molar-refractivity contribution in [2.75, 3.05) is 0 Å². The first kappa shape index (κ1) is 21.1. The molecule has 9 heteroatoms. The third kappa shape index (κ3) is 3.95. The number of halogens is 3. The van der Waals surface area contributed by atoms with E-state index in [0.29, 0.717) is 23.3 Å². The van der Waals surface area contributed by atoms with Crippen molar-refractivity contribution in [1.82, 2.24) is 19.9 Å². The molecule has 5 rings (SSSR count). The minimum absolute atomic E-state index is 0.233. The molecule has 0 radical (unpaired) electrons. The Hall–Kier alpha value is -3.72. The van der Waals surface area contributed by atoms with E-state index in [1.807, 2.05) is 17.6 Å². The number of carbonyl (C=O) groups is 1. The summed E-state index contributed by atoms with van der Waals surface area (Å²) in [5.74, 6) is -0.233. The number of fused-ring (bicyclic) bond motifs is 3. The van der Waals surface area contributed by atoms with Crippen LogP contribution in [0.25, 0.3) is 26.9 Å². The summed E-state index contributed by atoms with van der Waals surface area (Å²) in [4.78, 5) is 22.2. The predicted molar refractivity (Wildman–Crippen MR) is 122 cm³/mol. The van der Waals surface area contributed by atoms with E-state index < -0.39 is 11.7 Å². The molecular weight excluding hydrogens is 449 g/mol. The lowest BCUT2D eigenvalue weighted by molar-refractivity contribution is -0.137. The van der Waals surface area contributed by atoms with Crippen LogP contribution in [0.15, 0.2) is 67.0 Å². The molecule has 0 aliphatic carbocycles. The van der Waals surface area contributed by atoms with E-state index in [1.54, 1.807) is 36.7 Å². The van der Waals surface area contributed by atoms with Crippen molar-refractivity contribution in [3.63, 3.8) is 0 Å². The molecule has 5 nitrogen and oxygen atoms in total. The fraction of sp³-hybridized carbons (Fsp3) is 0.125. The Balaban J connectivity index is 1.55. The van der Waals surface area contributed by atoms with Crippen LogP contribution in [0, 0.1) is 6.92 Å². The van der Waals surface area contributed by atoms with E-state index >= 15 is 0 Å². The number of alkyl halides is 3. The molecule has 3 heterocycles. The van der Waals surface area contributed by atoms with Gasteiger partial charge in [-0.2, -0.15) is 13.2 Å². The first-order valence-electron chi connectivity index (χ1n) is 10.1. The lowest BCUT2D eigenvalue weighted by atomic mass is 10.1. The summed E-state index contributed by atoms with van der Waals surface area (Å²) in [6, 6.07) is 14.0. The number of hydrogen-bond acceptors (Lipinski definition) is 4. The van der Waals surface area contributed by atoms with Gasteiger partial charge in [0.1, 0.15) is 10.3 Å². The minimum atomic E-state index is -4.40. The molecule has 0 aliphatic heterocycles. The van der Waals surface area contributed by atoms with E-state index in [0.717, 1.165) is 38.4 Å². The van der Waals surface area contributed by atoms with E-state index in [9.17, 15) is 18.0 Å². The Labute approximate surface area is 190 Å². The number of amides is 1. The zero-order valence-electron chi connectivity index (χ0n) is 17.3. The second-order valence-corrected chi connectivity index (χ2v) is 8.72. The average molecular weight is 466 g/mol. The van der Waals surface area contributed by atoms with Crippen molar-refractivity contribution in [2.45, 2.75) is 19.6 Å². The van der Waals surface area contributed by atoms with Gasteiger partial charge in [-0.05, 0) is 61.0 Å². The molecule has 0 spiro atoms. The highest BCUT2D eigenvalue weighted by atomic mass is 32.1. The zero-order valence-corrected chi connectivity index (χ0v) is 18.2. The Morgan fingerprint density at radius 3 is 2.61 bits per heavy atom. The number of nitrogens with one attached hydrogen (secondary N) is 1. The highest BCUT2D eigenvalue weighted by molar-refractivity contribution is 7.18. The van der Waals surface area contributed by atoms with Gasteiger partial charge >= 0.3 is 6.18 Å². The number of nitrogens with zero attached hydrogens (tertiary/aromatic N) is 3. The van der Waals surface area contributed by atoms with Gasteiger partial charge in [0.2, 0.25) is 0 Å². The summed E-state index contributed by atoms with van der Waals surface area (Å²) in [5.41, 5.74) is 2.75. The monoisotopic (exact) mass is 466 g/mol.